The normalized spacial score (nSPS) is 12.9. The second-order valence-corrected chi connectivity index (χ2v) is 6.95. The smallest absolute Gasteiger partial charge is 0.313 e. The van der Waals surface area contributed by atoms with E-state index in [4.69, 9.17) is 23.7 Å². The number of carbonyl (C=O) groups is 8. The highest BCUT2D eigenvalue weighted by Gasteiger charge is 2.37. The first-order chi connectivity index (χ1) is 16.0. The molecule has 0 aromatic rings. The molecule has 0 radical (unpaired) electrons. The third kappa shape index (κ3) is 13.8. The second kappa shape index (κ2) is 17.1. The standard InChI is InChI=1S/C21H28O13/c1-13(24)10-19(28)31-9-6-15(30-3)21(34-18(27)5-8-23)16(12-32-17(26)4-7-22)33-20(29)11-14(2)25/h7-8,15-16,21H,4-6,9-12H2,1-3H3. The Kier molecular flexibility index (Phi) is 15.3. The van der Waals surface area contributed by atoms with Crippen molar-refractivity contribution in [2.45, 2.75) is 64.3 Å². The molecule has 0 N–H and O–H groups in total. The Labute approximate surface area is 195 Å². The molecular weight excluding hydrogens is 460 g/mol. The van der Waals surface area contributed by atoms with Crippen LogP contribution in [0.5, 0.6) is 0 Å². The zero-order valence-corrected chi connectivity index (χ0v) is 19.1. The van der Waals surface area contributed by atoms with Gasteiger partial charge < -0.3 is 33.3 Å². The summed E-state index contributed by atoms with van der Waals surface area (Å²) in [6.07, 6.45) is -5.98. The summed E-state index contributed by atoms with van der Waals surface area (Å²) in [6.45, 7) is 1.37. The minimum Gasteiger partial charge on any atom is -0.465 e. The van der Waals surface area contributed by atoms with E-state index >= 15 is 0 Å². The predicted octanol–water partition coefficient (Wildman–Crippen LogP) is -0.562. The van der Waals surface area contributed by atoms with Crippen molar-refractivity contribution < 1.29 is 62.0 Å². The second-order valence-electron chi connectivity index (χ2n) is 6.95. The lowest BCUT2D eigenvalue weighted by Gasteiger charge is -2.31. The summed E-state index contributed by atoms with van der Waals surface area (Å²) in [5.41, 5.74) is 0. The van der Waals surface area contributed by atoms with Gasteiger partial charge in [0.05, 0.1) is 6.61 Å². The highest BCUT2D eigenvalue weighted by molar-refractivity contribution is 5.94. The van der Waals surface area contributed by atoms with E-state index in [-0.39, 0.29) is 25.6 Å². The fourth-order valence-corrected chi connectivity index (χ4v) is 2.53. The average molecular weight is 488 g/mol. The minimum absolute atomic E-state index is 0.123. The molecule has 13 nitrogen and oxygen atoms in total. The SMILES string of the molecule is COC(CCOC(=O)CC(C)=O)C(OC(=O)CC=O)C(COC(=O)CC=O)OC(=O)CC(C)=O. The molecule has 0 aliphatic rings. The number of carbonyl (C=O) groups excluding carboxylic acids is 8. The van der Waals surface area contributed by atoms with Gasteiger partial charge in [0.15, 0.2) is 12.2 Å². The first-order valence-corrected chi connectivity index (χ1v) is 10.1. The van der Waals surface area contributed by atoms with Gasteiger partial charge in [-0.2, -0.15) is 0 Å². The number of rotatable bonds is 18. The number of ether oxygens (including phenoxy) is 5. The minimum atomic E-state index is -1.50. The van der Waals surface area contributed by atoms with E-state index in [0.717, 1.165) is 6.92 Å². The van der Waals surface area contributed by atoms with Gasteiger partial charge in [0.2, 0.25) is 0 Å². The Morgan fingerprint density at radius 3 is 1.79 bits per heavy atom. The molecule has 0 fully saturated rings. The molecule has 0 aromatic heterocycles. The number of Topliss-reactive ketones (excluding diaryl/α,β-unsaturated/α-hetero) is 2. The zero-order valence-electron chi connectivity index (χ0n) is 19.1. The maximum Gasteiger partial charge on any atom is 0.313 e. The summed E-state index contributed by atoms with van der Waals surface area (Å²) < 4.78 is 25.5. The number of ketones is 2. The predicted molar refractivity (Wildman–Crippen MR) is 109 cm³/mol. The largest absolute Gasteiger partial charge is 0.465 e. The zero-order chi connectivity index (χ0) is 26.1. The van der Waals surface area contributed by atoms with Gasteiger partial charge in [-0.05, 0) is 13.8 Å². The van der Waals surface area contributed by atoms with Crippen LogP contribution in [-0.4, -0.2) is 86.7 Å². The van der Waals surface area contributed by atoms with Gasteiger partial charge in [-0.1, -0.05) is 0 Å². The molecule has 0 amide bonds. The van der Waals surface area contributed by atoms with Gasteiger partial charge in [-0.3, -0.25) is 28.8 Å². The Balaban J connectivity index is 5.71. The van der Waals surface area contributed by atoms with Crippen molar-refractivity contribution in [2.24, 2.45) is 0 Å². The molecule has 0 bridgehead atoms. The van der Waals surface area contributed by atoms with Crippen molar-refractivity contribution >= 4 is 48.0 Å². The maximum atomic E-state index is 12.1. The van der Waals surface area contributed by atoms with E-state index in [1.165, 1.54) is 14.0 Å². The Morgan fingerprint density at radius 2 is 1.26 bits per heavy atom. The molecule has 0 saturated heterocycles. The van der Waals surface area contributed by atoms with E-state index in [9.17, 15) is 38.4 Å². The van der Waals surface area contributed by atoms with Crippen LogP contribution in [0.3, 0.4) is 0 Å². The third-order valence-electron chi connectivity index (χ3n) is 3.95. The van der Waals surface area contributed by atoms with E-state index < -0.39 is 86.0 Å². The topological polar surface area (TPSA) is 183 Å². The summed E-state index contributed by atoms with van der Waals surface area (Å²) in [4.78, 5) is 90.7. The molecule has 0 aliphatic heterocycles. The summed E-state index contributed by atoms with van der Waals surface area (Å²) in [5, 5.41) is 0. The van der Waals surface area contributed by atoms with Crippen LogP contribution in [0, 0.1) is 0 Å². The molecule has 0 aromatic carbocycles. The molecular formula is C21H28O13. The molecule has 190 valence electrons. The molecule has 0 rings (SSSR count). The maximum absolute atomic E-state index is 12.1. The van der Waals surface area contributed by atoms with Gasteiger partial charge in [0.1, 0.15) is 62.5 Å². The van der Waals surface area contributed by atoms with E-state index in [2.05, 4.69) is 0 Å². The van der Waals surface area contributed by atoms with Gasteiger partial charge >= 0.3 is 23.9 Å². The molecule has 0 spiro atoms. The molecule has 0 heterocycles. The van der Waals surface area contributed by atoms with Crippen molar-refractivity contribution in [2.75, 3.05) is 20.3 Å². The van der Waals surface area contributed by atoms with Crippen molar-refractivity contribution in [1.82, 2.24) is 0 Å². The summed E-state index contributed by atoms with van der Waals surface area (Å²) in [5.74, 6) is -4.76. The van der Waals surface area contributed by atoms with Gasteiger partial charge in [0, 0.05) is 13.5 Å². The number of aldehydes is 2. The summed E-state index contributed by atoms with van der Waals surface area (Å²) >= 11 is 0. The molecule has 34 heavy (non-hydrogen) atoms. The highest BCUT2D eigenvalue weighted by atomic mass is 16.6. The third-order valence-corrected chi connectivity index (χ3v) is 3.95. The quantitative estimate of drug-likeness (QED) is 0.104. The summed E-state index contributed by atoms with van der Waals surface area (Å²) in [6, 6.07) is 0. The fourth-order valence-electron chi connectivity index (χ4n) is 2.53. The number of hydrogen-bond acceptors (Lipinski definition) is 13. The van der Waals surface area contributed by atoms with Crippen LogP contribution in [0.15, 0.2) is 0 Å². The summed E-state index contributed by atoms with van der Waals surface area (Å²) in [7, 11) is 1.20. The molecule has 3 unspecified atom stereocenters. The van der Waals surface area contributed by atoms with Crippen LogP contribution >= 0.6 is 0 Å². The van der Waals surface area contributed by atoms with Gasteiger partial charge in [-0.25, -0.2) is 0 Å². The van der Waals surface area contributed by atoms with Crippen LogP contribution in [0.2, 0.25) is 0 Å². The van der Waals surface area contributed by atoms with E-state index in [0.29, 0.717) is 0 Å². The van der Waals surface area contributed by atoms with Crippen LogP contribution in [0.25, 0.3) is 0 Å². The van der Waals surface area contributed by atoms with Gasteiger partial charge in [0.25, 0.3) is 0 Å². The lowest BCUT2D eigenvalue weighted by molar-refractivity contribution is -0.188. The van der Waals surface area contributed by atoms with Crippen LogP contribution < -0.4 is 0 Å². The number of hydrogen-bond donors (Lipinski definition) is 0. The highest BCUT2D eigenvalue weighted by Crippen LogP contribution is 2.18. The van der Waals surface area contributed by atoms with Crippen LogP contribution in [0.1, 0.15) is 46.0 Å². The Bertz CT molecular complexity index is 758. The van der Waals surface area contributed by atoms with Crippen molar-refractivity contribution in [1.29, 1.82) is 0 Å². The van der Waals surface area contributed by atoms with E-state index in [1.54, 1.807) is 0 Å². The van der Waals surface area contributed by atoms with Crippen molar-refractivity contribution in [3.63, 3.8) is 0 Å². The Morgan fingerprint density at radius 1 is 0.706 bits per heavy atom. The molecule has 0 aliphatic carbocycles. The number of esters is 4. The Hall–Kier alpha value is -3.48. The fraction of sp³-hybridized carbons (Fsp3) is 0.619. The first-order valence-electron chi connectivity index (χ1n) is 10.1. The average Bonchev–Trinajstić information content (AvgIpc) is 2.72. The lowest BCUT2D eigenvalue weighted by atomic mass is 10.0. The van der Waals surface area contributed by atoms with Crippen LogP contribution in [-0.2, 0) is 62.0 Å². The van der Waals surface area contributed by atoms with Crippen LogP contribution in [0.4, 0.5) is 0 Å². The van der Waals surface area contributed by atoms with Gasteiger partial charge in [-0.15, -0.1) is 0 Å². The van der Waals surface area contributed by atoms with Crippen molar-refractivity contribution in [3.05, 3.63) is 0 Å². The number of methoxy groups -OCH3 is 1. The monoisotopic (exact) mass is 488 g/mol. The lowest BCUT2D eigenvalue weighted by Crippen LogP contribution is -2.47. The first kappa shape index (κ1) is 30.5. The van der Waals surface area contributed by atoms with E-state index in [1.807, 2.05) is 0 Å². The molecule has 13 heteroatoms. The molecule has 0 saturated carbocycles. The van der Waals surface area contributed by atoms with Crippen molar-refractivity contribution in [3.8, 4) is 0 Å². The molecule has 3 atom stereocenters.